The minimum atomic E-state index is -0.123. The lowest BCUT2D eigenvalue weighted by Crippen LogP contribution is -2.32. The third-order valence-electron chi connectivity index (χ3n) is 4.32. The number of aromatic nitrogens is 4. The first-order valence-electron chi connectivity index (χ1n) is 8.19. The largest absolute Gasteiger partial charge is 0.350 e. The number of hydrogen-bond donors (Lipinski definition) is 2. The van der Waals surface area contributed by atoms with Crippen LogP contribution in [0, 0.1) is 12.3 Å². The van der Waals surface area contributed by atoms with E-state index in [1.165, 1.54) is 0 Å². The summed E-state index contributed by atoms with van der Waals surface area (Å²) in [6.45, 7) is 6.66. The van der Waals surface area contributed by atoms with E-state index in [4.69, 9.17) is 4.52 Å². The summed E-state index contributed by atoms with van der Waals surface area (Å²) >= 11 is 0. The second-order valence-corrected chi connectivity index (χ2v) is 7.15. The van der Waals surface area contributed by atoms with Crippen LogP contribution in [0.1, 0.15) is 35.9 Å². The van der Waals surface area contributed by atoms with Crippen LogP contribution in [0.15, 0.2) is 28.8 Å². The highest BCUT2D eigenvalue weighted by Crippen LogP contribution is 2.28. The molecule has 0 unspecified atom stereocenters. The lowest BCUT2D eigenvalue weighted by molar-refractivity contribution is 0.0940. The number of fused-ring (bicyclic) bond motifs is 1. The Morgan fingerprint density at radius 2 is 1.84 bits per heavy atom. The number of carbonyl (C=O) groups is 1. The van der Waals surface area contributed by atoms with Crippen LogP contribution in [0.4, 0.5) is 0 Å². The number of aryl methyl sites for hydroxylation is 1. The molecule has 25 heavy (non-hydrogen) atoms. The smallest absolute Gasteiger partial charge is 0.271 e. The fourth-order valence-electron chi connectivity index (χ4n) is 3.00. The molecular weight excluding hydrogens is 318 g/mol. The third kappa shape index (κ3) is 2.93. The van der Waals surface area contributed by atoms with Crippen LogP contribution < -0.4 is 5.32 Å². The van der Waals surface area contributed by atoms with Gasteiger partial charge in [0.1, 0.15) is 11.5 Å². The van der Waals surface area contributed by atoms with Gasteiger partial charge in [-0.15, -0.1) is 0 Å². The van der Waals surface area contributed by atoms with Crippen LogP contribution in [0.3, 0.4) is 0 Å². The Hall–Kier alpha value is -2.96. The normalized spacial score (nSPS) is 16.2. The number of nitrogens with one attached hydrogen (secondary N) is 2. The molecule has 2 N–H and O–H groups in total. The van der Waals surface area contributed by atoms with Crippen molar-refractivity contribution in [3.63, 3.8) is 0 Å². The summed E-state index contributed by atoms with van der Waals surface area (Å²) in [5.74, 6) is 1.65. The predicted molar refractivity (Wildman–Crippen MR) is 91.9 cm³/mol. The van der Waals surface area contributed by atoms with Crippen molar-refractivity contribution in [1.82, 2.24) is 25.4 Å². The molecule has 0 fully saturated rings. The van der Waals surface area contributed by atoms with Gasteiger partial charge in [-0.2, -0.15) is 4.98 Å². The Morgan fingerprint density at radius 3 is 2.52 bits per heavy atom. The number of aromatic amines is 1. The number of carbonyl (C=O) groups excluding carboxylic acids is 1. The van der Waals surface area contributed by atoms with Gasteiger partial charge in [-0.25, -0.2) is 4.98 Å². The molecule has 2 aromatic heterocycles. The summed E-state index contributed by atoms with van der Waals surface area (Å²) in [5.41, 5.74) is 3.13. The predicted octanol–water partition coefficient (Wildman–Crippen LogP) is 2.75. The van der Waals surface area contributed by atoms with Crippen molar-refractivity contribution in [3.05, 3.63) is 41.5 Å². The van der Waals surface area contributed by atoms with E-state index in [0.717, 1.165) is 23.2 Å². The summed E-state index contributed by atoms with van der Waals surface area (Å²) in [6, 6.07) is 7.69. The fraction of sp³-hybridized carbons (Fsp3) is 0.333. The molecule has 7 heteroatoms. The average molecular weight is 337 g/mol. The van der Waals surface area contributed by atoms with Crippen LogP contribution in [0.5, 0.6) is 0 Å². The van der Waals surface area contributed by atoms with Crippen molar-refractivity contribution >= 4 is 5.91 Å². The second-order valence-electron chi connectivity index (χ2n) is 7.15. The first kappa shape index (κ1) is 15.6. The van der Waals surface area contributed by atoms with Crippen molar-refractivity contribution in [3.8, 4) is 22.8 Å². The minimum Gasteiger partial charge on any atom is -0.350 e. The van der Waals surface area contributed by atoms with Crippen molar-refractivity contribution in [2.24, 2.45) is 5.41 Å². The molecule has 0 aliphatic carbocycles. The Labute approximate surface area is 144 Å². The lowest BCUT2D eigenvalue weighted by Gasteiger charge is -2.21. The van der Waals surface area contributed by atoms with E-state index in [1.807, 2.05) is 24.3 Å². The van der Waals surface area contributed by atoms with E-state index < -0.39 is 0 Å². The molecule has 0 radical (unpaired) electrons. The van der Waals surface area contributed by atoms with Gasteiger partial charge in [0.2, 0.25) is 11.7 Å². The number of nitrogens with zero attached hydrogens (tertiary/aromatic N) is 3. The van der Waals surface area contributed by atoms with Crippen molar-refractivity contribution < 1.29 is 9.32 Å². The topological polar surface area (TPSA) is 96.7 Å². The number of imidazole rings is 1. The van der Waals surface area contributed by atoms with Crippen LogP contribution in [0.25, 0.3) is 22.8 Å². The molecule has 3 heterocycles. The van der Waals surface area contributed by atoms with Gasteiger partial charge < -0.3 is 14.8 Å². The zero-order valence-electron chi connectivity index (χ0n) is 14.4. The van der Waals surface area contributed by atoms with Gasteiger partial charge in [0.05, 0.1) is 0 Å². The number of H-pyrrole nitrogens is 1. The zero-order valence-corrected chi connectivity index (χ0v) is 14.4. The minimum absolute atomic E-state index is 0.00888. The molecule has 0 atom stereocenters. The lowest BCUT2D eigenvalue weighted by atomic mass is 9.88. The molecule has 4 rings (SSSR count). The van der Waals surface area contributed by atoms with Crippen LogP contribution in [0.2, 0.25) is 0 Å². The molecule has 7 nitrogen and oxygen atoms in total. The van der Waals surface area contributed by atoms with E-state index in [0.29, 0.717) is 29.8 Å². The van der Waals surface area contributed by atoms with Crippen molar-refractivity contribution in [1.29, 1.82) is 0 Å². The highest BCUT2D eigenvalue weighted by molar-refractivity contribution is 5.94. The molecule has 0 bridgehead atoms. The molecule has 0 spiro atoms. The molecule has 3 aromatic rings. The molecule has 1 aromatic carbocycles. The van der Waals surface area contributed by atoms with Gasteiger partial charge in [0.15, 0.2) is 0 Å². The number of benzene rings is 1. The van der Waals surface area contributed by atoms with E-state index >= 15 is 0 Å². The number of hydrogen-bond acceptors (Lipinski definition) is 5. The van der Waals surface area contributed by atoms with Gasteiger partial charge in [0.25, 0.3) is 5.91 Å². The highest BCUT2D eigenvalue weighted by atomic mass is 16.5. The summed E-state index contributed by atoms with van der Waals surface area (Å²) in [5, 5.41) is 6.86. The van der Waals surface area contributed by atoms with Crippen molar-refractivity contribution in [2.75, 3.05) is 6.54 Å². The maximum atomic E-state index is 12.3. The number of rotatable bonds is 2. The molecule has 0 saturated carbocycles. The Kier molecular flexibility index (Phi) is 3.45. The van der Waals surface area contributed by atoms with E-state index in [9.17, 15) is 4.79 Å². The van der Waals surface area contributed by atoms with E-state index in [-0.39, 0.29) is 11.3 Å². The summed E-state index contributed by atoms with van der Waals surface area (Å²) in [4.78, 5) is 24.3. The van der Waals surface area contributed by atoms with Gasteiger partial charge >= 0.3 is 0 Å². The van der Waals surface area contributed by atoms with Crippen LogP contribution in [-0.4, -0.2) is 32.6 Å². The first-order chi connectivity index (χ1) is 11.9. The third-order valence-corrected chi connectivity index (χ3v) is 4.32. The standard InChI is InChI=1S/C18H19N5O2/c1-10-20-16(23-25-10)12-6-4-11(5-7-12)15-21-13-8-18(2,3)9-19-17(24)14(13)22-15/h4-7H,8-9H2,1-3H3,(H,19,24)(H,21,22). The zero-order chi connectivity index (χ0) is 17.6. The maximum absolute atomic E-state index is 12.3. The van der Waals surface area contributed by atoms with Gasteiger partial charge in [-0.3, -0.25) is 4.79 Å². The van der Waals surface area contributed by atoms with Crippen LogP contribution >= 0.6 is 0 Å². The maximum Gasteiger partial charge on any atom is 0.271 e. The Morgan fingerprint density at radius 1 is 1.12 bits per heavy atom. The molecule has 0 saturated heterocycles. The molecule has 1 aliphatic rings. The molecule has 128 valence electrons. The number of amides is 1. The quantitative estimate of drug-likeness (QED) is 0.749. The molecule has 1 amide bonds. The van der Waals surface area contributed by atoms with E-state index in [1.54, 1.807) is 6.92 Å². The van der Waals surface area contributed by atoms with E-state index in [2.05, 4.69) is 39.3 Å². The van der Waals surface area contributed by atoms with Gasteiger partial charge in [-0.05, 0) is 11.8 Å². The summed E-state index contributed by atoms with van der Waals surface area (Å²) < 4.78 is 5.01. The van der Waals surface area contributed by atoms with Crippen LogP contribution in [-0.2, 0) is 6.42 Å². The molecule has 1 aliphatic heterocycles. The summed E-state index contributed by atoms with van der Waals surface area (Å²) in [7, 11) is 0. The fourth-order valence-corrected chi connectivity index (χ4v) is 3.00. The van der Waals surface area contributed by atoms with Gasteiger partial charge in [-0.1, -0.05) is 43.3 Å². The Balaban J connectivity index is 1.67. The second kappa shape index (κ2) is 5.54. The van der Waals surface area contributed by atoms with Crippen molar-refractivity contribution in [2.45, 2.75) is 27.2 Å². The van der Waals surface area contributed by atoms with Gasteiger partial charge in [0, 0.05) is 30.3 Å². The molecular formula is C18H19N5O2. The first-order valence-corrected chi connectivity index (χ1v) is 8.19. The highest BCUT2D eigenvalue weighted by Gasteiger charge is 2.30. The SMILES string of the molecule is Cc1nc(-c2ccc(-c3nc4c([nH]3)CC(C)(C)CNC4=O)cc2)no1. The monoisotopic (exact) mass is 337 g/mol. The summed E-state index contributed by atoms with van der Waals surface area (Å²) in [6.07, 6.45) is 0.772. The average Bonchev–Trinajstić information content (AvgIpc) is 3.17. The Bertz CT molecular complexity index is 937.